The van der Waals surface area contributed by atoms with Crippen molar-refractivity contribution in [1.82, 2.24) is 9.80 Å². The van der Waals surface area contributed by atoms with E-state index in [1.165, 1.54) is 0 Å². The average Bonchev–Trinajstić information content (AvgIpc) is 2.65. The second kappa shape index (κ2) is 4.22. The number of hydrogen-bond acceptors (Lipinski definition) is 4. The Morgan fingerprint density at radius 2 is 2.00 bits per heavy atom. The molecule has 0 fully saturated rings. The minimum absolute atomic E-state index is 0.137. The van der Waals surface area contributed by atoms with Gasteiger partial charge in [0.05, 0.1) is 11.6 Å². The van der Waals surface area contributed by atoms with Crippen LogP contribution in [-0.4, -0.2) is 28.4 Å². The van der Waals surface area contributed by atoms with Crippen molar-refractivity contribution in [2.75, 3.05) is 13.7 Å². The van der Waals surface area contributed by atoms with E-state index >= 15 is 0 Å². The van der Waals surface area contributed by atoms with Crippen molar-refractivity contribution >= 4 is 5.69 Å². The van der Waals surface area contributed by atoms with Crippen LogP contribution in [0, 0.1) is 10.1 Å². The Kier molecular flexibility index (Phi) is 2.76. The highest BCUT2D eigenvalue weighted by molar-refractivity contribution is 5.32. The monoisotopic (exact) mass is 219 g/mol. The van der Waals surface area contributed by atoms with Crippen molar-refractivity contribution in [3.8, 4) is 0 Å². The molecular formula is C11H13N3O2. The summed E-state index contributed by atoms with van der Waals surface area (Å²) in [5.41, 5.74) is 1.21. The molecule has 1 aliphatic heterocycles. The van der Waals surface area contributed by atoms with Crippen LogP contribution in [0.25, 0.3) is 0 Å². The Morgan fingerprint density at radius 1 is 1.31 bits per heavy atom. The van der Waals surface area contributed by atoms with Gasteiger partial charge in [0.2, 0.25) is 0 Å². The van der Waals surface area contributed by atoms with Crippen molar-refractivity contribution in [2.24, 2.45) is 0 Å². The quantitative estimate of drug-likeness (QED) is 0.574. The van der Waals surface area contributed by atoms with Crippen LogP contribution in [0.5, 0.6) is 0 Å². The largest absolute Gasteiger partial charge is 0.362 e. The fourth-order valence-electron chi connectivity index (χ4n) is 1.65. The first-order valence-corrected chi connectivity index (χ1v) is 5.01. The Hall–Kier alpha value is -2.04. The number of nitro benzene ring substituents is 1. The maximum atomic E-state index is 10.5. The van der Waals surface area contributed by atoms with Gasteiger partial charge in [0, 0.05) is 38.1 Å². The molecule has 1 heterocycles. The zero-order chi connectivity index (χ0) is 11.5. The van der Waals surface area contributed by atoms with Crippen LogP contribution in [0.4, 0.5) is 5.69 Å². The van der Waals surface area contributed by atoms with E-state index in [2.05, 4.69) is 9.80 Å². The third-order valence-electron chi connectivity index (χ3n) is 2.47. The first-order chi connectivity index (χ1) is 7.65. The minimum Gasteiger partial charge on any atom is -0.362 e. The molecule has 0 bridgehead atoms. The van der Waals surface area contributed by atoms with E-state index in [4.69, 9.17) is 0 Å². The van der Waals surface area contributed by atoms with E-state index in [9.17, 15) is 10.1 Å². The van der Waals surface area contributed by atoms with Crippen LogP contribution in [0.1, 0.15) is 5.56 Å². The molecule has 0 spiro atoms. The number of hydrogen-bond donors (Lipinski definition) is 0. The smallest absolute Gasteiger partial charge is 0.269 e. The summed E-state index contributed by atoms with van der Waals surface area (Å²) < 4.78 is 0. The lowest BCUT2D eigenvalue weighted by Crippen LogP contribution is -2.21. The zero-order valence-corrected chi connectivity index (χ0v) is 9.04. The predicted octanol–water partition coefficient (Wildman–Crippen LogP) is 1.77. The lowest BCUT2D eigenvalue weighted by atomic mass is 10.2. The van der Waals surface area contributed by atoms with Gasteiger partial charge in [0.15, 0.2) is 0 Å². The Labute approximate surface area is 93.7 Å². The fraction of sp³-hybridized carbons (Fsp3) is 0.273. The number of rotatable bonds is 3. The van der Waals surface area contributed by atoms with Gasteiger partial charge >= 0.3 is 0 Å². The second-order valence-corrected chi connectivity index (χ2v) is 3.87. The van der Waals surface area contributed by atoms with E-state index in [1.807, 2.05) is 19.4 Å². The third-order valence-corrected chi connectivity index (χ3v) is 2.47. The van der Waals surface area contributed by atoms with Gasteiger partial charge in [-0.1, -0.05) is 12.1 Å². The van der Waals surface area contributed by atoms with Gasteiger partial charge in [-0.3, -0.25) is 10.1 Å². The normalized spacial score (nSPS) is 14.6. The van der Waals surface area contributed by atoms with Crippen molar-refractivity contribution in [3.05, 3.63) is 52.3 Å². The molecule has 0 amide bonds. The number of nitrogens with zero attached hydrogens (tertiary/aromatic N) is 3. The van der Waals surface area contributed by atoms with E-state index < -0.39 is 0 Å². The van der Waals surface area contributed by atoms with Crippen LogP contribution in [0.15, 0.2) is 36.7 Å². The molecule has 0 unspecified atom stereocenters. The highest BCUT2D eigenvalue weighted by Gasteiger charge is 2.09. The summed E-state index contributed by atoms with van der Waals surface area (Å²) in [6.07, 6.45) is 4.02. The minimum atomic E-state index is -0.382. The lowest BCUT2D eigenvalue weighted by molar-refractivity contribution is -0.384. The highest BCUT2D eigenvalue weighted by atomic mass is 16.6. The molecular weight excluding hydrogens is 206 g/mol. The van der Waals surface area contributed by atoms with Crippen LogP contribution in [0.3, 0.4) is 0 Å². The van der Waals surface area contributed by atoms with E-state index in [1.54, 1.807) is 24.3 Å². The van der Waals surface area contributed by atoms with E-state index in [0.29, 0.717) is 0 Å². The van der Waals surface area contributed by atoms with Crippen LogP contribution in [-0.2, 0) is 6.54 Å². The summed E-state index contributed by atoms with van der Waals surface area (Å²) >= 11 is 0. The first kappa shape index (κ1) is 10.5. The predicted molar refractivity (Wildman–Crippen MR) is 60.4 cm³/mol. The molecule has 5 nitrogen and oxygen atoms in total. The van der Waals surface area contributed by atoms with Crippen LogP contribution >= 0.6 is 0 Å². The number of nitro groups is 1. The maximum absolute atomic E-state index is 10.5. The molecule has 0 N–H and O–H groups in total. The topological polar surface area (TPSA) is 49.6 Å². The summed E-state index contributed by atoms with van der Waals surface area (Å²) in [6.45, 7) is 1.63. The van der Waals surface area contributed by atoms with Gasteiger partial charge in [-0.2, -0.15) is 0 Å². The summed E-state index contributed by atoms with van der Waals surface area (Å²) in [4.78, 5) is 14.3. The van der Waals surface area contributed by atoms with Crippen LogP contribution < -0.4 is 0 Å². The Balaban J connectivity index is 2.00. The molecule has 1 aliphatic rings. The lowest BCUT2D eigenvalue weighted by Gasteiger charge is -2.17. The van der Waals surface area contributed by atoms with Crippen molar-refractivity contribution in [3.63, 3.8) is 0 Å². The van der Waals surface area contributed by atoms with Gasteiger partial charge in [-0.05, 0) is 5.56 Å². The molecule has 0 saturated heterocycles. The fourth-order valence-corrected chi connectivity index (χ4v) is 1.65. The first-order valence-electron chi connectivity index (χ1n) is 5.01. The standard InChI is InChI=1S/C11H13N3O2/c1-12-6-7-13(9-12)8-10-2-4-11(5-3-10)14(15)16/h2-7H,8-9H2,1H3. The molecule has 84 valence electrons. The molecule has 16 heavy (non-hydrogen) atoms. The van der Waals surface area contributed by atoms with Gasteiger partial charge in [-0.15, -0.1) is 0 Å². The Bertz CT molecular complexity index is 414. The third kappa shape index (κ3) is 2.31. The highest BCUT2D eigenvalue weighted by Crippen LogP contribution is 2.15. The van der Waals surface area contributed by atoms with Gasteiger partial charge in [0.25, 0.3) is 5.69 Å². The average molecular weight is 219 g/mol. The number of non-ortho nitro benzene ring substituents is 1. The van der Waals surface area contributed by atoms with Crippen molar-refractivity contribution in [2.45, 2.75) is 6.54 Å². The second-order valence-electron chi connectivity index (χ2n) is 3.87. The molecule has 0 aliphatic carbocycles. The van der Waals surface area contributed by atoms with Crippen molar-refractivity contribution < 1.29 is 4.92 Å². The SMILES string of the molecule is CN1C=CN(Cc2ccc([N+](=O)[O-])cc2)C1. The molecule has 1 aromatic rings. The molecule has 5 heteroatoms. The van der Waals surface area contributed by atoms with Gasteiger partial charge in [0.1, 0.15) is 0 Å². The summed E-state index contributed by atoms with van der Waals surface area (Å²) in [5, 5.41) is 10.5. The van der Waals surface area contributed by atoms with E-state index in [0.717, 1.165) is 18.8 Å². The van der Waals surface area contributed by atoms with Gasteiger partial charge < -0.3 is 9.80 Å². The molecule has 1 aromatic carbocycles. The van der Waals surface area contributed by atoms with E-state index in [-0.39, 0.29) is 10.6 Å². The number of benzene rings is 1. The molecule has 2 rings (SSSR count). The van der Waals surface area contributed by atoms with Crippen LogP contribution in [0.2, 0.25) is 0 Å². The molecule has 0 atom stereocenters. The Morgan fingerprint density at radius 3 is 2.50 bits per heavy atom. The summed E-state index contributed by atoms with van der Waals surface area (Å²) in [6, 6.07) is 6.67. The summed E-state index contributed by atoms with van der Waals surface area (Å²) in [7, 11) is 2.01. The van der Waals surface area contributed by atoms with Gasteiger partial charge in [-0.25, -0.2) is 0 Å². The van der Waals surface area contributed by atoms with Crippen molar-refractivity contribution in [1.29, 1.82) is 0 Å². The molecule has 0 saturated carbocycles. The molecule has 0 aromatic heterocycles. The molecule has 0 radical (unpaired) electrons. The summed E-state index contributed by atoms with van der Waals surface area (Å²) in [5.74, 6) is 0. The maximum Gasteiger partial charge on any atom is 0.269 e. The zero-order valence-electron chi connectivity index (χ0n) is 9.04.